The molecule has 0 unspecified atom stereocenters. The van der Waals surface area contributed by atoms with Crippen LogP contribution in [0.5, 0.6) is 0 Å². The molecule has 3 aromatic carbocycles. The van der Waals surface area contributed by atoms with Gasteiger partial charge in [-0.2, -0.15) is 0 Å². The summed E-state index contributed by atoms with van der Waals surface area (Å²) >= 11 is 0. The number of hydrogen-bond donors (Lipinski definition) is 2. The number of amides is 2. The normalized spacial score (nSPS) is 11.4. The maximum Gasteiger partial charge on any atom is 0.255 e. The molecule has 0 bridgehead atoms. The molecule has 8 nitrogen and oxygen atoms in total. The van der Waals surface area contributed by atoms with Gasteiger partial charge in [0.15, 0.2) is 9.84 Å². The van der Waals surface area contributed by atoms with E-state index in [0.29, 0.717) is 22.4 Å². The summed E-state index contributed by atoms with van der Waals surface area (Å²) in [5, 5.41) is 5.33. The number of hydrogen-bond acceptors (Lipinski definition) is 5. The van der Waals surface area contributed by atoms with Crippen molar-refractivity contribution in [2.75, 3.05) is 16.9 Å². The number of fused-ring (bicyclic) bond motifs is 1. The zero-order chi connectivity index (χ0) is 24.3. The van der Waals surface area contributed by atoms with E-state index in [-0.39, 0.29) is 23.7 Å². The van der Waals surface area contributed by atoms with Crippen LogP contribution in [0.4, 0.5) is 15.8 Å². The van der Waals surface area contributed by atoms with Crippen molar-refractivity contribution in [1.29, 1.82) is 0 Å². The summed E-state index contributed by atoms with van der Waals surface area (Å²) in [5.41, 5.74) is 2.19. The summed E-state index contributed by atoms with van der Waals surface area (Å²) in [6.07, 6.45) is 1.11. The molecule has 0 radical (unpaired) electrons. The van der Waals surface area contributed by atoms with Gasteiger partial charge in [0.05, 0.1) is 11.0 Å². The van der Waals surface area contributed by atoms with E-state index in [0.717, 1.165) is 6.26 Å². The second-order valence-electron chi connectivity index (χ2n) is 7.77. The van der Waals surface area contributed by atoms with E-state index in [1.54, 1.807) is 53.1 Å². The molecule has 1 heterocycles. The van der Waals surface area contributed by atoms with Crippen LogP contribution in [0.1, 0.15) is 16.2 Å². The molecular formula is C24H21FN4O4S. The minimum absolute atomic E-state index is 0.162. The number of nitrogens with one attached hydrogen (secondary N) is 2. The monoisotopic (exact) mass is 480 g/mol. The maximum atomic E-state index is 13.4. The van der Waals surface area contributed by atoms with Crippen LogP contribution >= 0.6 is 0 Å². The molecule has 0 saturated heterocycles. The highest BCUT2D eigenvalue weighted by atomic mass is 32.2. The average molecular weight is 481 g/mol. The predicted molar refractivity (Wildman–Crippen MR) is 128 cm³/mol. The minimum Gasteiger partial charge on any atom is -0.325 e. The van der Waals surface area contributed by atoms with Crippen molar-refractivity contribution in [3.63, 3.8) is 0 Å². The summed E-state index contributed by atoms with van der Waals surface area (Å²) in [4.78, 5) is 29.7. The molecule has 2 N–H and O–H groups in total. The first-order valence-electron chi connectivity index (χ1n) is 10.3. The molecule has 10 heteroatoms. The van der Waals surface area contributed by atoms with Crippen LogP contribution in [0.15, 0.2) is 72.8 Å². The molecule has 0 aliphatic heterocycles. The lowest BCUT2D eigenvalue weighted by molar-refractivity contribution is -0.116. The lowest BCUT2D eigenvalue weighted by atomic mass is 10.1. The van der Waals surface area contributed by atoms with Crippen LogP contribution in [0.2, 0.25) is 0 Å². The molecule has 4 aromatic rings. The van der Waals surface area contributed by atoms with Crippen LogP contribution in [-0.4, -0.2) is 36.0 Å². The van der Waals surface area contributed by atoms with Gasteiger partial charge in [0, 0.05) is 23.2 Å². The zero-order valence-electron chi connectivity index (χ0n) is 18.2. The highest BCUT2D eigenvalue weighted by molar-refractivity contribution is 7.89. The van der Waals surface area contributed by atoms with Crippen molar-refractivity contribution < 1.29 is 22.4 Å². The third-order valence-electron chi connectivity index (χ3n) is 4.92. The fraction of sp³-hybridized carbons (Fsp3) is 0.125. The van der Waals surface area contributed by atoms with E-state index in [4.69, 9.17) is 0 Å². The summed E-state index contributed by atoms with van der Waals surface area (Å²) in [5.74, 6) is -1.38. The van der Waals surface area contributed by atoms with Crippen molar-refractivity contribution in [1.82, 2.24) is 9.55 Å². The number of anilines is 2. The Morgan fingerprint density at radius 1 is 0.941 bits per heavy atom. The molecule has 1 aromatic heterocycles. The fourth-order valence-corrected chi connectivity index (χ4v) is 4.19. The number of benzene rings is 3. The Labute approximate surface area is 195 Å². The van der Waals surface area contributed by atoms with E-state index >= 15 is 0 Å². The van der Waals surface area contributed by atoms with Gasteiger partial charge in [-0.15, -0.1) is 0 Å². The lowest BCUT2D eigenvalue weighted by Gasteiger charge is -2.11. The first kappa shape index (κ1) is 23.1. The second-order valence-corrected chi connectivity index (χ2v) is 9.91. The molecule has 0 saturated carbocycles. The zero-order valence-corrected chi connectivity index (χ0v) is 19.0. The van der Waals surface area contributed by atoms with Crippen molar-refractivity contribution in [2.24, 2.45) is 0 Å². The SMILES string of the molecule is CS(=O)(=O)Cc1nc2ccccc2n1CC(=O)Nc1cccc(C(=O)Nc2cccc(F)c2)c1. The highest BCUT2D eigenvalue weighted by Crippen LogP contribution is 2.19. The summed E-state index contributed by atoms with van der Waals surface area (Å²) in [7, 11) is -3.37. The molecule has 34 heavy (non-hydrogen) atoms. The second kappa shape index (κ2) is 9.44. The van der Waals surface area contributed by atoms with Crippen LogP contribution in [0, 0.1) is 5.82 Å². The number of halogens is 1. The Kier molecular flexibility index (Phi) is 6.42. The fourth-order valence-electron chi connectivity index (χ4n) is 3.50. The molecule has 0 fully saturated rings. The Hall–Kier alpha value is -4.05. The molecule has 0 atom stereocenters. The maximum absolute atomic E-state index is 13.4. The summed E-state index contributed by atoms with van der Waals surface area (Å²) in [6, 6.07) is 18.9. The van der Waals surface area contributed by atoms with Gasteiger partial charge >= 0.3 is 0 Å². The number of nitrogens with zero attached hydrogens (tertiary/aromatic N) is 2. The van der Waals surface area contributed by atoms with E-state index in [2.05, 4.69) is 15.6 Å². The minimum atomic E-state index is -3.37. The average Bonchev–Trinajstić information content (AvgIpc) is 3.09. The Balaban J connectivity index is 1.51. The largest absolute Gasteiger partial charge is 0.325 e. The third-order valence-corrected chi connectivity index (χ3v) is 5.70. The highest BCUT2D eigenvalue weighted by Gasteiger charge is 2.17. The van der Waals surface area contributed by atoms with Gasteiger partial charge < -0.3 is 15.2 Å². The van der Waals surface area contributed by atoms with Crippen molar-refractivity contribution >= 4 is 44.1 Å². The smallest absolute Gasteiger partial charge is 0.255 e. The number of carbonyl (C=O) groups excluding carboxylic acids is 2. The Morgan fingerprint density at radius 2 is 1.65 bits per heavy atom. The summed E-state index contributed by atoms with van der Waals surface area (Å²) in [6.45, 7) is -0.162. The quantitative estimate of drug-likeness (QED) is 0.420. The van der Waals surface area contributed by atoms with Gasteiger partial charge in [0.1, 0.15) is 23.9 Å². The van der Waals surface area contributed by atoms with E-state index < -0.39 is 27.5 Å². The molecule has 0 spiro atoms. The van der Waals surface area contributed by atoms with Crippen molar-refractivity contribution in [2.45, 2.75) is 12.3 Å². The number of aromatic nitrogens is 2. The Morgan fingerprint density at radius 3 is 2.38 bits per heavy atom. The van der Waals surface area contributed by atoms with Crippen molar-refractivity contribution in [3.05, 3.63) is 90.0 Å². The molecule has 4 rings (SSSR count). The van der Waals surface area contributed by atoms with Gasteiger partial charge in [-0.25, -0.2) is 17.8 Å². The number of rotatable bonds is 7. The predicted octanol–water partition coefficient (Wildman–Crippen LogP) is 3.61. The van der Waals surface area contributed by atoms with Crippen LogP contribution in [0.3, 0.4) is 0 Å². The lowest BCUT2D eigenvalue weighted by Crippen LogP contribution is -2.21. The number of sulfone groups is 1. The first-order chi connectivity index (χ1) is 16.2. The standard InChI is InChI=1S/C24H21FN4O4S/c1-34(32,33)15-22-28-20-10-2-3-11-21(20)29(22)14-23(30)26-18-8-4-6-16(12-18)24(31)27-19-9-5-7-17(25)13-19/h2-13H,14-15H2,1H3,(H,26,30)(H,27,31). The van der Waals surface area contributed by atoms with Crippen molar-refractivity contribution in [3.8, 4) is 0 Å². The van der Waals surface area contributed by atoms with Gasteiger partial charge in [-0.3, -0.25) is 9.59 Å². The van der Waals surface area contributed by atoms with E-state index in [1.807, 2.05) is 0 Å². The van der Waals surface area contributed by atoms with E-state index in [1.165, 1.54) is 24.3 Å². The Bertz CT molecular complexity index is 1500. The number of para-hydroxylation sites is 2. The van der Waals surface area contributed by atoms with Gasteiger partial charge in [0.2, 0.25) is 5.91 Å². The van der Waals surface area contributed by atoms with E-state index in [9.17, 15) is 22.4 Å². The first-order valence-corrected chi connectivity index (χ1v) is 12.3. The van der Waals surface area contributed by atoms with Crippen LogP contribution in [-0.2, 0) is 26.9 Å². The molecule has 2 amide bonds. The van der Waals surface area contributed by atoms with Crippen LogP contribution in [0.25, 0.3) is 11.0 Å². The van der Waals surface area contributed by atoms with Crippen LogP contribution < -0.4 is 10.6 Å². The molecule has 174 valence electrons. The number of imidazole rings is 1. The van der Waals surface area contributed by atoms with Gasteiger partial charge in [-0.05, 0) is 48.5 Å². The summed E-state index contributed by atoms with van der Waals surface area (Å²) < 4.78 is 38.6. The molecule has 0 aliphatic carbocycles. The topological polar surface area (TPSA) is 110 Å². The third kappa shape index (κ3) is 5.65. The number of carbonyl (C=O) groups is 2. The molecular weight excluding hydrogens is 459 g/mol. The molecule has 0 aliphatic rings. The van der Waals surface area contributed by atoms with Gasteiger partial charge in [0.25, 0.3) is 5.91 Å². The van der Waals surface area contributed by atoms with Gasteiger partial charge in [-0.1, -0.05) is 24.3 Å².